The number of carbonyl (C=O) groups is 2. The van der Waals surface area contributed by atoms with E-state index in [1.54, 1.807) is 30.3 Å². The maximum Gasteiger partial charge on any atom is 0.395 e. The number of hydrogen-bond donors (Lipinski definition) is 1. The van der Waals surface area contributed by atoms with Gasteiger partial charge in [-0.25, -0.2) is 9.74 Å². The molecule has 0 aliphatic heterocycles. The van der Waals surface area contributed by atoms with Crippen molar-refractivity contribution < 1.29 is 19.1 Å². The fraction of sp³-hybridized carbons (Fsp3) is 0. The molecule has 1 N–H and O–H groups in total. The first-order valence-electron chi connectivity index (χ1n) is 5.84. The third-order valence-corrected chi connectivity index (χ3v) is 4.25. The van der Waals surface area contributed by atoms with Crippen LogP contribution in [0.1, 0.15) is 25.7 Å². The van der Waals surface area contributed by atoms with Crippen molar-refractivity contribution in [1.82, 2.24) is 4.98 Å². The van der Waals surface area contributed by atoms with E-state index in [4.69, 9.17) is 11.6 Å². The number of fused-ring (bicyclic) bond motifs is 1. The Bertz CT molecular complexity index is 806. The Morgan fingerprint density at radius 2 is 1.90 bits per heavy atom. The number of H-pyrrole nitrogens is 1. The van der Waals surface area contributed by atoms with Gasteiger partial charge in [-0.15, -0.1) is 11.3 Å². The number of rotatable bonds is 3. The van der Waals surface area contributed by atoms with Crippen molar-refractivity contribution in [3.8, 4) is 0 Å². The largest absolute Gasteiger partial charge is 0.395 e. The fourth-order valence-corrected chi connectivity index (χ4v) is 3.07. The number of carbonyl (C=O) groups excluding carboxylic acids is 2. The zero-order chi connectivity index (χ0) is 15.0. The van der Waals surface area contributed by atoms with Crippen LogP contribution in [-0.4, -0.2) is 16.7 Å². The Morgan fingerprint density at radius 1 is 1.19 bits per heavy atom. The topological polar surface area (TPSA) is 59.2 Å². The molecule has 2 aromatic heterocycles. The van der Waals surface area contributed by atoms with Crippen LogP contribution in [0.4, 0.5) is 4.53 Å². The summed E-state index contributed by atoms with van der Waals surface area (Å²) in [5, 5.41) is 1.21. The lowest BCUT2D eigenvalue weighted by molar-refractivity contribution is -0.0792. The lowest BCUT2D eigenvalue weighted by atomic mass is 10.1. The van der Waals surface area contributed by atoms with Crippen molar-refractivity contribution in [1.29, 1.82) is 0 Å². The second-order valence-electron chi connectivity index (χ2n) is 4.28. The van der Waals surface area contributed by atoms with Crippen molar-refractivity contribution in [2.24, 2.45) is 0 Å². The Hall–Kier alpha value is -2.18. The molecule has 1 aromatic carbocycles. The van der Waals surface area contributed by atoms with Crippen LogP contribution in [0, 0.1) is 0 Å². The molecule has 0 saturated carbocycles. The van der Waals surface area contributed by atoms with Gasteiger partial charge in [0.15, 0.2) is 0 Å². The molecule has 106 valence electrons. The van der Waals surface area contributed by atoms with Crippen LogP contribution in [0.3, 0.4) is 0 Å². The number of hydrogen-bond acceptors (Lipinski definition) is 4. The van der Waals surface area contributed by atoms with Crippen molar-refractivity contribution in [3.63, 3.8) is 0 Å². The highest BCUT2D eigenvalue weighted by molar-refractivity contribution is 7.20. The van der Waals surface area contributed by atoms with Gasteiger partial charge in [-0.2, -0.15) is 0 Å². The van der Waals surface area contributed by atoms with Gasteiger partial charge in [0.05, 0.1) is 4.88 Å². The molecule has 21 heavy (non-hydrogen) atoms. The minimum Gasteiger partial charge on any atom is -0.341 e. The summed E-state index contributed by atoms with van der Waals surface area (Å²) < 4.78 is 11.8. The molecule has 0 saturated heterocycles. The molecule has 0 fully saturated rings. The van der Waals surface area contributed by atoms with Gasteiger partial charge in [0.1, 0.15) is 10.5 Å². The molecule has 4 nitrogen and oxygen atoms in total. The summed E-state index contributed by atoms with van der Waals surface area (Å²) in [6.45, 7) is 0. The normalized spacial score (nSPS) is 10.8. The summed E-state index contributed by atoms with van der Waals surface area (Å²) in [6.07, 6.45) is 0. The second kappa shape index (κ2) is 5.31. The Labute approximate surface area is 127 Å². The highest BCUT2D eigenvalue weighted by Gasteiger charge is 2.17. The molecule has 0 spiro atoms. The van der Waals surface area contributed by atoms with E-state index < -0.39 is 5.97 Å². The number of aromatic nitrogens is 1. The van der Waals surface area contributed by atoms with Crippen LogP contribution in [0.15, 0.2) is 36.4 Å². The van der Waals surface area contributed by atoms with Gasteiger partial charge in [0.25, 0.3) is 0 Å². The highest BCUT2D eigenvalue weighted by atomic mass is 35.5. The molecule has 2 heterocycles. The average Bonchev–Trinajstić information content (AvgIpc) is 3.05. The Balaban J connectivity index is 1.94. The smallest absolute Gasteiger partial charge is 0.341 e. The Kier molecular flexibility index (Phi) is 3.48. The summed E-state index contributed by atoms with van der Waals surface area (Å²) in [7, 11) is 0. The standard InChI is InChI=1S/C14H7ClFNO3S/c15-9-3-1-7(2-4-9)12(18)11-6-8-5-10(14(19)20-16)17-13(8)21-11/h1-6,17H. The van der Waals surface area contributed by atoms with Gasteiger partial charge in [0, 0.05) is 20.5 Å². The van der Waals surface area contributed by atoms with Crippen molar-refractivity contribution in [2.75, 3.05) is 0 Å². The average molecular weight is 324 g/mol. The van der Waals surface area contributed by atoms with Gasteiger partial charge in [-0.3, -0.25) is 4.79 Å². The third kappa shape index (κ3) is 2.55. The fourth-order valence-electron chi connectivity index (χ4n) is 1.93. The molecule has 0 bridgehead atoms. The summed E-state index contributed by atoms with van der Waals surface area (Å²) in [5.41, 5.74) is 0.524. The van der Waals surface area contributed by atoms with Crippen molar-refractivity contribution in [3.05, 3.63) is 57.6 Å². The van der Waals surface area contributed by atoms with Gasteiger partial charge >= 0.3 is 5.97 Å². The maximum atomic E-state index is 12.3. The zero-order valence-electron chi connectivity index (χ0n) is 10.4. The summed E-state index contributed by atoms with van der Waals surface area (Å²) in [4.78, 5) is 30.3. The third-order valence-electron chi connectivity index (χ3n) is 2.93. The van der Waals surface area contributed by atoms with Gasteiger partial charge in [-0.1, -0.05) is 11.6 Å². The van der Waals surface area contributed by atoms with Crippen LogP contribution in [0.25, 0.3) is 10.2 Å². The number of thiophene rings is 1. The van der Waals surface area contributed by atoms with Crippen LogP contribution in [-0.2, 0) is 4.94 Å². The van der Waals surface area contributed by atoms with Gasteiger partial charge < -0.3 is 4.98 Å². The molecule has 7 heteroatoms. The molecule has 0 atom stereocenters. The number of nitrogens with one attached hydrogen (secondary N) is 1. The van der Waals surface area contributed by atoms with E-state index in [9.17, 15) is 14.1 Å². The SMILES string of the molecule is O=C(OF)c1cc2cc(C(=O)c3ccc(Cl)cc3)sc2[nH]1. The van der Waals surface area contributed by atoms with Crippen LogP contribution in [0.2, 0.25) is 5.02 Å². The number of halogens is 2. The van der Waals surface area contributed by atoms with Gasteiger partial charge in [0.2, 0.25) is 5.78 Å². The second-order valence-corrected chi connectivity index (χ2v) is 5.77. The van der Waals surface area contributed by atoms with Gasteiger partial charge in [-0.05, 0) is 36.4 Å². The quantitative estimate of drug-likeness (QED) is 0.736. The number of aromatic amines is 1. The summed E-state index contributed by atoms with van der Waals surface area (Å²) >= 11 is 6.97. The molecule has 0 aliphatic rings. The van der Waals surface area contributed by atoms with E-state index in [0.717, 1.165) is 0 Å². The van der Waals surface area contributed by atoms with E-state index in [2.05, 4.69) is 9.93 Å². The van der Waals surface area contributed by atoms with Crippen LogP contribution in [0.5, 0.6) is 0 Å². The van der Waals surface area contributed by atoms with E-state index in [1.807, 2.05) is 0 Å². The monoisotopic (exact) mass is 323 g/mol. The summed E-state index contributed by atoms with van der Waals surface area (Å²) in [6, 6.07) is 9.65. The minimum atomic E-state index is -1.09. The molecule has 0 amide bonds. The first-order chi connectivity index (χ1) is 10.1. The number of benzene rings is 1. The van der Waals surface area contributed by atoms with Crippen molar-refractivity contribution in [2.45, 2.75) is 0 Å². The van der Waals surface area contributed by atoms with E-state index in [0.29, 0.717) is 25.7 Å². The van der Waals surface area contributed by atoms with Crippen molar-refractivity contribution >= 4 is 44.9 Å². The first kappa shape index (κ1) is 13.8. The lowest BCUT2D eigenvalue weighted by Gasteiger charge is -1.97. The summed E-state index contributed by atoms with van der Waals surface area (Å²) in [5.74, 6) is -1.24. The van der Waals surface area contributed by atoms with E-state index >= 15 is 0 Å². The lowest BCUT2D eigenvalue weighted by Crippen LogP contribution is -1.99. The molecule has 0 aliphatic carbocycles. The maximum absolute atomic E-state index is 12.3. The molecule has 3 aromatic rings. The predicted octanol–water partition coefficient (Wildman–Crippen LogP) is 4.16. The van der Waals surface area contributed by atoms with Crippen LogP contribution >= 0.6 is 22.9 Å². The molecular weight excluding hydrogens is 317 g/mol. The molecule has 3 rings (SSSR count). The molecule has 0 unspecified atom stereocenters. The minimum absolute atomic E-state index is 0.00393. The molecule has 0 radical (unpaired) electrons. The first-order valence-corrected chi connectivity index (χ1v) is 7.03. The van der Waals surface area contributed by atoms with E-state index in [-0.39, 0.29) is 11.5 Å². The van der Waals surface area contributed by atoms with E-state index in [1.165, 1.54) is 17.4 Å². The Morgan fingerprint density at radius 3 is 2.52 bits per heavy atom. The number of ketones is 1. The zero-order valence-corrected chi connectivity index (χ0v) is 11.9. The molecular formula is C14H7ClFNO3S. The van der Waals surface area contributed by atoms with Crippen LogP contribution < -0.4 is 0 Å². The highest BCUT2D eigenvalue weighted by Crippen LogP contribution is 2.28. The predicted molar refractivity (Wildman–Crippen MR) is 77.6 cm³/mol.